The van der Waals surface area contributed by atoms with Gasteiger partial charge in [-0.2, -0.15) is 0 Å². The van der Waals surface area contributed by atoms with E-state index in [0.717, 1.165) is 23.9 Å². The molecule has 2 aromatic heterocycles. The fraction of sp³-hybridized carbons (Fsp3) is 0.143. The van der Waals surface area contributed by atoms with Crippen LogP contribution in [0, 0.1) is 0 Å². The molecule has 3 nitrogen and oxygen atoms in total. The lowest BCUT2D eigenvalue weighted by atomic mass is 10.3. The highest BCUT2D eigenvalue weighted by Gasteiger charge is 2.04. The number of hydrogen-bond acceptors (Lipinski definition) is 4. The van der Waals surface area contributed by atoms with Crippen molar-refractivity contribution in [1.29, 1.82) is 0 Å². The predicted octanol–water partition coefficient (Wildman–Crippen LogP) is 3.24. The van der Waals surface area contributed by atoms with Crippen LogP contribution in [0.25, 0.3) is 6.08 Å². The molecule has 18 heavy (non-hydrogen) atoms. The minimum absolute atomic E-state index is 0.792. The van der Waals surface area contributed by atoms with Gasteiger partial charge in [0.1, 0.15) is 0 Å². The number of thiazole rings is 1. The molecule has 0 amide bonds. The molecule has 0 aliphatic carbocycles. The lowest BCUT2D eigenvalue weighted by Crippen LogP contribution is -2.22. The molecule has 0 aliphatic heterocycles. The quantitative estimate of drug-likeness (QED) is 0.744. The summed E-state index contributed by atoms with van der Waals surface area (Å²) >= 11 is 1.63. The zero-order chi connectivity index (χ0) is 12.6. The van der Waals surface area contributed by atoms with E-state index in [4.69, 9.17) is 0 Å². The second-order valence-corrected chi connectivity index (χ2v) is 4.54. The van der Waals surface area contributed by atoms with Crippen molar-refractivity contribution >= 4 is 22.5 Å². The number of anilines is 1. The van der Waals surface area contributed by atoms with Gasteiger partial charge in [0.25, 0.3) is 0 Å². The van der Waals surface area contributed by atoms with Crippen LogP contribution < -0.4 is 4.90 Å². The SMILES string of the molecule is C=CCN(CC=Cc1ccccn1)c1nccs1. The van der Waals surface area contributed by atoms with Gasteiger partial charge in [-0.25, -0.2) is 4.98 Å². The Morgan fingerprint density at radius 3 is 2.83 bits per heavy atom. The third-order valence-corrected chi connectivity index (χ3v) is 3.17. The Balaban J connectivity index is 1.98. The minimum Gasteiger partial charge on any atom is -0.341 e. The van der Waals surface area contributed by atoms with Crippen LogP contribution in [0.1, 0.15) is 5.69 Å². The first-order valence-electron chi connectivity index (χ1n) is 5.73. The number of nitrogens with zero attached hydrogens (tertiary/aromatic N) is 3. The molecule has 2 rings (SSSR count). The predicted molar refractivity (Wildman–Crippen MR) is 77.8 cm³/mol. The van der Waals surface area contributed by atoms with Crippen LogP contribution >= 0.6 is 11.3 Å². The Hall–Kier alpha value is -1.94. The van der Waals surface area contributed by atoms with Gasteiger partial charge in [-0.15, -0.1) is 17.9 Å². The van der Waals surface area contributed by atoms with Gasteiger partial charge in [-0.05, 0) is 18.2 Å². The van der Waals surface area contributed by atoms with Gasteiger partial charge in [0.2, 0.25) is 0 Å². The molecule has 2 aromatic rings. The van der Waals surface area contributed by atoms with E-state index in [2.05, 4.69) is 27.5 Å². The standard InChI is InChI=1S/C14H15N3S/c1-2-10-17(14-16-9-12-18-14)11-5-7-13-6-3-4-8-15-13/h2-9,12H,1,10-11H2. The third kappa shape index (κ3) is 3.53. The summed E-state index contributed by atoms with van der Waals surface area (Å²) in [6.45, 7) is 5.37. The van der Waals surface area contributed by atoms with Crippen molar-refractivity contribution in [2.75, 3.05) is 18.0 Å². The summed E-state index contributed by atoms with van der Waals surface area (Å²) in [5.41, 5.74) is 0.968. The van der Waals surface area contributed by atoms with Crippen molar-refractivity contribution in [3.8, 4) is 0 Å². The summed E-state index contributed by atoms with van der Waals surface area (Å²) in [5.74, 6) is 0. The average Bonchev–Trinajstić information content (AvgIpc) is 2.93. The highest BCUT2D eigenvalue weighted by Crippen LogP contribution is 2.17. The van der Waals surface area contributed by atoms with E-state index in [-0.39, 0.29) is 0 Å². The first-order chi connectivity index (χ1) is 8.90. The molecule has 0 unspecified atom stereocenters. The van der Waals surface area contributed by atoms with E-state index < -0.39 is 0 Å². The maximum atomic E-state index is 4.31. The highest BCUT2D eigenvalue weighted by molar-refractivity contribution is 7.13. The summed E-state index contributed by atoms with van der Waals surface area (Å²) in [6, 6.07) is 5.88. The van der Waals surface area contributed by atoms with Gasteiger partial charge < -0.3 is 4.90 Å². The Kier molecular flexibility index (Phi) is 4.67. The maximum absolute atomic E-state index is 4.31. The topological polar surface area (TPSA) is 29.0 Å². The largest absolute Gasteiger partial charge is 0.341 e. The van der Waals surface area contributed by atoms with Crippen molar-refractivity contribution in [3.05, 3.63) is 60.4 Å². The van der Waals surface area contributed by atoms with Crippen LogP contribution in [-0.4, -0.2) is 23.1 Å². The molecule has 0 fully saturated rings. The highest BCUT2D eigenvalue weighted by atomic mass is 32.1. The van der Waals surface area contributed by atoms with Gasteiger partial charge >= 0.3 is 0 Å². The summed E-state index contributed by atoms with van der Waals surface area (Å²) in [6.07, 6.45) is 9.60. The smallest absolute Gasteiger partial charge is 0.185 e. The molecular formula is C14H15N3S. The first kappa shape index (κ1) is 12.5. The van der Waals surface area contributed by atoms with Crippen LogP contribution in [-0.2, 0) is 0 Å². The Bertz CT molecular complexity index is 491. The molecule has 0 aromatic carbocycles. The molecule has 0 N–H and O–H groups in total. The molecule has 0 spiro atoms. The van der Waals surface area contributed by atoms with Crippen LogP contribution in [0.5, 0.6) is 0 Å². The number of pyridine rings is 1. The molecular weight excluding hydrogens is 242 g/mol. The second kappa shape index (κ2) is 6.71. The van der Waals surface area contributed by atoms with Crippen LogP contribution in [0.3, 0.4) is 0 Å². The summed E-state index contributed by atoms with van der Waals surface area (Å²) < 4.78 is 0. The molecule has 0 saturated heterocycles. The zero-order valence-electron chi connectivity index (χ0n) is 10.1. The van der Waals surface area contributed by atoms with Crippen molar-refractivity contribution in [1.82, 2.24) is 9.97 Å². The Morgan fingerprint density at radius 2 is 2.17 bits per heavy atom. The minimum atomic E-state index is 0.792. The van der Waals surface area contributed by atoms with E-state index in [0.29, 0.717) is 0 Å². The van der Waals surface area contributed by atoms with Gasteiger partial charge in [0.15, 0.2) is 5.13 Å². The number of rotatable bonds is 6. The van der Waals surface area contributed by atoms with Crippen LogP contribution in [0.4, 0.5) is 5.13 Å². The van der Waals surface area contributed by atoms with E-state index in [1.54, 1.807) is 17.5 Å². The third-order valence-electron chi connectivity index (χ3n) is 2.34. The Labute approximate surface area is 111 Å². The van der Waals surface area contributed by atoms with E-state index in [1.807, 2.05) is 41.9 Å². The average molecular weight is 257 g/mol. The van der Waals surface area contributed by atoms with E-state index in [1.165, 1.54) is 0 Å². The monoisotopic (exact) mass is 257 g/mol. The van der Waals surface area contributed by atoms with Crippen molar-refractivity contribution in [2.45, 2.75) is 0 Å². The molecule has 2 heterocycles. The normalized spacial score (nSPS) is 10.7. The number of hydrogen-bond donors (Lipinski definition) is 0. The molecule has 92 valence electrons. The first-order valence-corrected chi connectivity index (χ1v) is 6.61. The van der Waals surface area contributed by atoms with Gasteiger partial charge in [-0.1, -0.05) is 18.2 Å². The molecule has 0 atom stereocenters. The number of aromatic nitrogens is 2. The van der Waals surface area contributed by atoms with Gasteiger partial charge in [0.05, 0.1) is 5.69 Å². The van der Waals surface area contributed by atoms with Crippen molar-refractivity contribution in [3.63, 3.8) is 0 Å². The second-order valence-electron chi connectivity index (χ2n) is 3.67. The van der Waals surface area contributed by atoms with Crippen LogP contribution in [0.2, 0.25) is 0 Å². The fourth-order valence-electron chi connectivity index (χ4n) is 1.53. The van der Waals surface area contributed by atoms with Crippen molar-refractivity contribution in [2.24, 2.45) is 0 Å². The van der Waals surface area contributed by atoms with E-state index >= 15 is 0 Å². The van der Waals surface area contributed by atoms with Crippen LogP contribution in [0.15, 0.2) is 54.7 Å². The van der Waals surface area contributed by atoms with Gasteiger partial charge in [-0.3, -0.25) is 4.98 Å². The van der Waals surface area contributed by atoms with Crippen molar-refractivity contribution < 1.29 is 0 Å². The lowest BCUT2D eigenvalue weighted by molar-refractivity contribution is 0.946. The van der Waals surface area contributed by atoms with Gasteiger partial charge in [0, 0.05) is 30.9 Å². The molecule has 0 bridgehead atoms. The zero-order valence-corrected chi connectivity index (χ0v) is 10.9. The lowest BCUT2D eigenvalue weighted by Gasteiger charge is -2.17. The summed E-state index contributed by atoms with van der Waals surface area (Å²) in [7, 11) is 0. The Morgan fingerprint density at radius 1 is 1.22 bits per heavy atom. The molecule has 0 aliphatic rings. The fourth-order valence-corrected chi connectivity index (χ4v) is 2.20. The molecule has 4 heteroatoms. The molecule has 0 saturated carbocycles. The summed E-state index contributed by atoms with van der Waals surface area (Å²) in [5, 5.41) is 2.99. The maximum Gasteiger partial charge on any atom is 0.185 e. The van der Waals surface area contributed by atoms with E-state index in [9.17, 15) is 0 Å². The molecule has 0 radical (unpaired) electrons. The summed E-state index contributed by atoms with van der Waals surface area (Å²) in [4.78, 5) is 10.7.